The Morgan fingerprint density at radius 1 is 0.732 bits per heavy atom. The van der Waals surface area contributed by atoms with E-state index < -0.39 is 0 Å². The van der Waals surface area contributed by atoms with Crippen molar-refractivity contribution in [1.29, 1.82) is 0 Å². The topological polar surface area (TPSA) is 17.1 Å². The number of carbonyl (C=O) groups is 1. The normalized spacial score (nSPS) is 18.2. The van der Waals surface area contributed by atoms with Crippen LogP contribution in [0.25, 0.3) is 0 Å². The summed E-state index contributed by atoms with van der Waals surface area (Å²) in [5.74, 6) is 0. The number of aldehydes is 1. The lowest BCUT2D eigenvalue weighted by Crippen LogP contribution is -2.19. The van der Waals surface area contributed by atoms with Crippen molar-refractivity contribution in [2.75, 3.05) is 0 Å². The molecule has 0 aromatic carbocycles. The second-order valence-electron chi connectivity index (χ2n) is 12.1. The summed E-state index contributed by atoms with van der Waals surface area (Å²) in [6.07, 6.45) is 39.8. The molecule has 0 saturated heterocycles. The molecule has 0 unspecified atom stereocenters. The molecular formula is C40H54O. The van der Waals surface area contributed by atoms with Gasteiger partial charge < -0.3 is 0 Å². The number of hydrogen-bond donors (Lipinski definition) is 0. The molecule has 0 bridgehead atoms. The van der Waals surface area contributed by atoms with E-state index in [4.69, 9.17) is 0 Å². The van der Waals surface area contributed by atoms with Gasteiger partial charge in [-0.2, -0.15) is 0 Å². The standard InChI is InChI=1S/C40H54O/c1-32(2)17-12-19-34(4)21-14-23-35(5)22-13-20-33(3)18-10-11-26-38(31-41)27-15-24-36(6)28-29-39-37(7)25-16-30-40(39,8)9/h10-11,13-15,17-18,20-24,26-29,31H,12,16,19,25,30H2,1-9H3/b11-10+,20-13+,23-14+,27-15+,29-28+,33-18+,34-21+,35-22+,36-24+,38-26-. The van der Waals surface area contributed by atoms with Crippen LogP contribution in [0.2, 0.25) is 0 Å². The minimum absolute atomic E-state index is 0.242. The molecule has 1 aliphatic carbocycles. The van der Waals surface area contributed by atoms with Gasteiger partial charge in [0.1, 0.15) is 6.29 Å². The molecule has 0 heterocycles. The Bertz CT molecular complexity index is 1230. The fraction of sp³-hybridized carbons (Fsp3) is 0.375. The van der Waals surface area contributed by atoms with Crippen LogP contribution in [0.5, 0.6) is 0 Å². The van der Waals surface area contributed by atoms with Crippen molar-refractivity contribution in [3.63, 3.8) is 0 Å². The predicted molar refractivity (Wildman–Crippen MR) is 184 cm³/mol. The summed E-state index contributed by atoms with van der Waals surface area (Å²) in [5.41, 5.74) is 10.1. The molecule has 1 heteroatoms. The van der Waals surface area contributed by atoms with Gasteiger partial charge in [0.2, 0.25) is 0 Å². The third-order valence-corrected chi connectivity index (χ3v) is 7.15. The minimum Gasteiger partial charge on any atom is -0.298 e. The molecule has 0 radical (unpaired) electrons. The van der Waals surface area contributed by atoms with Gasteiger partial charge in [0, 0.05) is 5.57 Å². The van der Waals surface area contributed by atoms with E-state index in [9.17, 15) is 4.79 Å². The first-order chi connectivity index (χ1) is 19.4. The zero-order chi connectivity index (χ0) is 30.7. The molecule has 0 N–H and O–H groups in total. The van der Waals surface area contributed by atoms with Crippen LogP contribution in [0.3, 0.4) is 0 Å². The van der Waals surface area contributed by atoms with Crippen molar-refractivity contribution in [3.05, 3.63) is 142 Å². The van der Waals surface area contributed by atoms with Crippen LogP contribution < -0.4 is 0 Å². The highest BCUT2D eigenvalue weighted by Crippen LogP contribution is 2.40. The first kappa shape index (κ1) is 35.6. The summed E-state index contributed by atoms with van der Waals surface area (Å²) in [7, 11) is 0. The van der Waals surface area contributed by atoms with Crippen LogP contribution in [0.1, 0.15) is 94.4 Å². The van der Waals surface area contributed by atoms with Gasteiger partial charge in [0.05, 0.1) is 0 Å². The van der Waals surface area contributed by atoms with E-state index >= 15 is 0 Å². The number of rotatable bonds is 14. The van der Waals surface area contributed by atoms with Crippen molar-refractivity contribution < 1.29 is 4.79 Å². The van der Waals surface area contributed by atoms with E-state index in [1.54, 1.807) is 0 Å². The van der Waals surface area contributed by atoms with Crippen LogP contribution in [-0.2, 0) is 4.79 Å². The van der Waals surface area contributed by atoms with E-state index in [0.29, 0.717) is 5.57 Å². The Balaban J connectivity index is 2.66. The molecule has 41 heavy (non-hydrogen) atoms. The molecule has 0 aliphatic heterocycles. The Labute approximate surface area is 252 Å². The highest BCUT2D eigenvalue weighted by molar-refractivity contribution is 5.78. The molecule has 0 amide bonds. The maximum Gasteiger partial charge on any atom is 0.150 e. The monoisotopic (exact) mass is 550 g/mol. The fourth-order valence-corrected chi connectivity index (χ4v) is 4.60. The molecule has 1 nitrogen and oxygen atoms in total. The molecule has 0 saturated carbocycles. The highest BCUT2D eigenvalue weighted by atomic mass is 16.1. The molecule has 0 aromatic heterocycles. The number of allylic oxidation sites excluding steroid dienone is 24. The molecule has 0 spiro atoms. The van der Waals surface area contributed by atoms with Crippen LogP contribution in [0, 0.1) is 5.41 Å². The average molecular weight is 551 g/mol. The first-order valence-electron chi connectivity index (χ1n) is 15.0. The molecule has 1 rings (SSSR count). The van der Waals surface area contributed by atoms with Crippen molar-refractivity contribution >= 4 is 6.29 Å². The summed E-state index contributed by atoms with van der Waals surface area (Å²) < 4.78 is 0. The average Bonchev–Trinajstić information content (AvgIpc) is 2.89. The molecular weight excluding hydrogens is 496 g/mol. The Morgan fingerprint density at radius 3 is 1.90 bits per heavy atom. The van der Waals surface area contributed by atoms with Crippen molar-refractivity contribution in [3.8, 4) is 0 Å². The lowest BCUT2D eigenvalue weighted by Gasteiger charge is -2.32. The van der Waals surface area contributed by atoms with Gasteiger partial charge in [-0.15, -0.1) is 0 Å². The summed E-state index contributed by atoms with van der Waals surface area (Å²) in [5, 5.41) is 0. The minimum atomic E-state index is 0.242. The fourth-order valence-electron chi connectivity index (χ4n) is 4.60. The quantitative estimate of drug-likeness (QED) is 0.0909. The Morgan fingerprint density at radius 2 is 1.29 bits per heavy atom. The van der Waals surface area contributed by atoms with Crippen LogP contribution in [0.15, 0.2) is 142 Å². The predicted octanol–water partition coefficient (Wildman–Crippen LogP) is 12.0. The van der Waals surface area contributed by atoms with E-state index in [1.807, 2.05) is 42.5 Å². The molecule has 0 aromatic rings. The van der Waals surface area contributed by atoms with Gasteiger partial charge in [0.15, 0.2) is 0 Å². The lowest BCUT2D eigenvalue weighted by molar-refractivity contribution is -0.104. The van der Waals surface area contributed by atoms with Crippen molar-refractivity contribution in [2.45, 2.75) is 94.4 Å². The number of hydrogen-bond acceptors (Lipinski definition) is 1. The number of carbonyl (C=O) groups excluding carboxylic acids is 1. The smallest absolute Gasteiger partial charge is 0.150 e. The lowest BCUT2D eigenvalue weighted by atomic mass is 9.72. The third-order valence-electron chi connectivity index (χ3n) is 7.15. The van der Waals surface area contributed by atoms with E-state index in [-0.39, 0.29) is 5.41 Å². The molecule has 220 valence electrons. The van der Waals surface area contributed by atoms with Crippen LogP contribution in [-0.4, -0.2) is 6.29 Å². The van der Waals surface area contributed by atoms with Crippen LogP contribution in [0.4, 0.5) is 0 Å². The van der Waals surface area contributed by atoms with Gasteiger partial charge in [-0.3, -0.25) is 4.79 Å². The zero-order valence-electron chi connectivity index (χ0n) is 27.3. The SMILES string of the molecule is CC(C)=CCC/C(C)=C/C=C/C(C)=C/C=C/C(C)=C/C=C/C=C(C=O)/C=C/C=C(C)/C=C/C1=C(C)CCCC1(C)C. The van der Waals surface area contributed by atoms with Gasteiger partial charge in [-0.25, -0.2) is 0 Å². The largest absolute Gasteiger partial charge is 0.298 e. The Kier molecular flexibility index (Phi) is 17.0. The van der Waals surface area contributed by atoms with E-state index in [0.717, 1.165) is 30.3 Å². The second-order valence-corrected chi connectivity index (χ2v) is 12.1. The summed E-state index contributed by atoms with van der Waals surface area (Å²) in [6.45, 7) is 19.7. The molecule has 0 fully saturated rings. The van der Waals surface area contributed by atoms with Gasteiger partial charge in [0.25, 0.3) is 0 Å². The highest BCUT2D eigenvalue weighted by Gasteiger charge is 2.26. The van der Waals surface area contributed by atoms with E-state index in [1.165, 1.54) is 47.1 Å². The van der Waals surface area contributed by atoms with Crippen molar-refractivity contribution in [2.24, 2.45) is 5.41 Å². The second kappa shape index (κ2) is 19.6. The Hall–Kier alpha value is -3.45. The first-order valence-corrected chi connectivity index (χ1v) is 15.0. The van der Waals surface area contributed by atoms with Gasteiger partial charge in [-0.1, -0.05) is 145 Å². The summed E-state index contributed by atoms with van der Waals surface area (Å²) in [6, 6.07) is 0. The molecule has 0 atom stereocenters. The summed E-state index contributed by atoms with van der Waals surface area (Å²) in [4.78, 5) is 11.5. The van der Waals surface area contributed by atoms with E-state index in [2.05, 4.69) is 117 Å². The maximum atomic E-state index is 11.5. The van der Waals surface area contributed by atoms with Crippen molar-refractivity contribution in [1.82, 2.24) is 0 Å². The zero-order valence-corrected chi connectivity index (χ0v) is 27.3. The van der Waals surface area contributed by atoms with Gasteiger partial charge >= 0.3 is 0 Å². The summed E-state index contributed by atoms with van der Waals surface area (Å²) >= 11 is 0. The molecule has 1 aliphatic rings. The maximum absolute atomic E-state index is 11.5. The van der Waals surface area contributed by atoms with Crippen LogP contribution >= 0.6 is 0 Å². The third kappa shape index (κ3) is 16.4. The van der Waals surface area contributed by atoms with Gasteiger partial charge in [-0.05, 0) is 91.6 Å².